The van der Waals surface area contributed by atoms with Crippen molar-refractivity contribution >= 4 is 23.4 Å². The van der Waals surface area contributed by atoms with Crippen LogP contribution >= 0.6 is 11.6 Å². The molecule has 1 amide bonds. The number of rotatable bonds is 4. The summed E-state index contributed by atoms with van der Waals surface area (Å²) in [5.74, 6) is 0. The Morgan fingerprint density at radius 2 is 1.96 bits per heavy atom. The first kappa shape index (κ1) is 23.6. The van der Waals surface area contributed by atoms with Crippen molar-refractivity contribution < 1.29 is 14.3 Å². The molecule has 0 radical (unpaired) electrons. The minimum Gasteiger partial charge on any atom is -0.441 e. The van der Waals surface area contributed by atoms with Crippen LogP contribution in [0.25, 0.3) is 0 Å². The van der Waals surface area contributed by atoms with Crippen molar-refractivity contribution in [2.24, 2.45) is 5.73 Å². The number of anilines is 1. The maximum Gasteiger partial charge on any atom is 0.412 e. The number of nitrogens with one attached hydrogen (secondary N) is 1. The predicted molar refractivity (Wildman–Crippen MR) is 110 cm³/mol. The molecule has 8 nitrogen and oxygen atoms in total. The third kappa shape index (κ3) is 5.79. The Labute approximate surface area is 169 Å². The average molecular weight is 411 g/mol. The first-order valence-electron chi connectivity index (χ1n) is 8.90. The first-order chi connectivity index (χ1) is 13.5. The highest BCUT2D eigenvalue weighted by Gasteiger charge is 2.24. The fourth-order valence-corrected chi connectivity index (χ4v) is 2.79. The molecule has 1 aromatic heterocycles. The highest BCUT2D eigenvalue weighted by Crippen LogP contribution is 2.34. The molecule has 0 bridgehead atoms. The van der Waals surface area contributed by atoms with Gasteiger partial charge < -0.3 is 15.2 Å². The van der Waals surface area contributed by atoms with Crippen LogP contribution in [0.15, 0.2) is 29.3 Å². The summed E-state index contributed by atoms with van der Waals surface area (Å²) in [5, 5.41) is 3.14. The van der Waals surface area contributed by atoms with Gasteiger partial charge in [0.05, 0.1) is 30.9 Å². The number of cyclic esters (lactones) is 1. The van der Waals surface area contributed by atoms with Crippen LogP contribution in [0.5, 0.6) is 0 Å². The van der Waals surface area contributed by atoms with Crippen molar-refractivity contribution in [1.29, 1.82) is 0 Å². The minimum atomic E-state index is -0.508. The summed E-state index contributed by atoms with van der Waals surface area (Å²) < 4.78 is 11.5. The molecule has 2 aromatic rings. The molecule has 154 valence electrons. The quantitative estimate of drug-likeness (QED) is 0.800. The Kier molecular flexibility index (Phi) is 9.64. The minimum absolute atomic E-state index is 0.202. The smallest absolute Gasteiger partial charge is 0.412 e. The molecular formula is C19H27ClN4O4. The molecule has 28 heavy (non-hydrogen) atoms. The van der Waals surface area contributed by atoms with Crippen LogP contribution in [-0.4, -0.2) is 29.8 Å². The number of benzene rings is 1. The topological polar surface area (TPSA) is 108 Å². The normalized spacial score (nSPS) is 14.4. The number of ether oxygens (including phenoxy) is 2. The summed E-state index contributed by atoms with van der Waals surface area (Å²) in [5.41, 5.74) is 6.99. The molecular weight excluding hydrogens is 384 g/mol. The standard InChI is InChI=1S/C16H16ClN3O4.C2H6.CH5N/c1-9-12-5-13(17)10(3-14(12)19-16(22)24-9)6-20-8-18-11(7-23-2)4-15(20)21;2*1-2/h3-5,8-9H,6-7H2,1-2H3,(H,19,22);1-2H3;2H2,1H3/t9-;;/m0../s1. The van der Waals surface area contributed by atoms with Crippen LogP contribution in [0.1, 0.15) is 43.7 Å². The third-order valence-electron chi connectivity index (χ3n) is 3.75. The Bertz CT molecular complexity index is 854. The van der Waals surface area contributed by atoms with E-state index in [1.807, 2.05) is 13.8 Å². The second kappa shape index (κ2) is 11.4. The molecule has 0 aliphatic carbocycles. The molecule has 0 saturated carbocycles. The zero-order valence-electron chi connectivity index (χ0n) is 16.8. The van der Waals surface area contributed by atoms with Gasteiger partial charge >= 0.3 is 6.09 Å². The van der Waals surface area contributed by atoms with E-state index < -0.39 is 6.09 Å². The van der Waals surface area contributed by atoms with Crippen molar-refractivity contribution in [3.05, 3.63) is 56.7 Å². The van der Waals surface area contributed by atoms with Crippen LogP contribution in [0.4, 0.5) is 10.5 Å². The van der Waals surface area contributed by atoms with E-state index in [4.69, 9.17) is 21.1 Å². The molecule has 1 aromatic carbocycles. The molecule has 9 heteroatoms. The number of nitrogens with two attached hydrogens (primary N) is 1. The lowest BCUT2D eigenvalue weighted by atomic mass is 10.0. The summed E-state index contributed by atoms with van der Waals surface area (Å²) in [6.45, 7) is 6.30. The lowest BCUT2D eigenvalue weighted by molar-refractivity contribution is 0.116. The van der Waals surface area contributed by atoms with Crippen molar-refractivity contribution in [3.8, 4) is 0 Å². The molecule has 1 aliphatic heterocycles. The van der Waals surface area contributed by atoms with E-state index in [1.54, 1.807) is 26.2 Å². The lowest BCUT2D eigenvalue weighted by Gasteiger charge is -2.24. The molecule has 0 saturated heterocycles. The summed E-state index contributed by atoms with van der Waals surface area (Å²) in [4.78, 5) is 27.8. The van der Waals surface area contributed by atoms with Crippen LogP contribution in [0, 0.1) is 0 Å². The molecule has 1 aliphatic rings. The van der Waals surface area contributed by atoms with Gasteiger partial charge in [0.1, 0.15) is 6.10 Å². The fraction of sp³-hybridized carbons (Fsp3) is 0.421. The van der Waals surface area contributed by atoms with Gasteiger partial charge in [0.15, 0.2) is 0 Å². The van der Waals surface area contributed by atoms with E-state index in [0.717, 1.165) is 5.56 Å². The summed E-state index contributed by atoms with van der Waals surface area (Å²) in [6.07, 6.45) is 0.570. The molecule has 0 spiro atoms. The Morgan fingerprint density at radius 3 is 2.57 bits per heavy atom. The van der Waals surface area contributed by atoms with E-state index in [0.29, 0.717) is 22.0 Å². The molecule has 1 atom stereocenters. The zero-order valence-corrected chi connectivity index (χ0v) is 17.5. The summed E-state index contributed by atoms with van der Waals surface area (Å²) in [6, 6.07) is 4.92. The molecule has 0 unspecified atom stereocenters. The van der Waals surface area contributed by atoms with Gasteiger partial charge in [-0.2, -0.15) is 0 Å². The predicted octanol–water partition coefficient (Wildman–Crippen LogP) is 3.32. The number of hydrogen-bond donors (Lipinski definition) is 2. The maximum atomic E-state index is 12.2. The van der Waals surface area contributed by atoms with Gasteiger partial charge in [-0.15, -0.1) is 0 Å². The van der Waals surface area contributed by atoms with Crippen molar-refractivity contribution in [2.75, 3.05) is 19.5 Å². The largest absolute Gasteiger partial charge is 0.441 e. The second-order valence-corrected chi connectivity index (χ2v) is 5.89. The van der Waals surface area contributed by atoms with Crippen LogP contribution in [0.3, 0.4) is 0 Å². The Balaban J connectivity index is 0.000000921. The second-order valence-electron chi connectivity index (χ2n) is 5.48. The van der Waals surface area contributed by atoms with Crippen LogP contribution in [-0.2, 0) is 22.6 Å². The molecule has 2 heterocycles. The highest BCUT2D eigenvalue weighted by atomic mass is 35.5. The molecule has 3 N–H and O–H groups in total. The number of halogens is 1. The highest BCUT2D eigenvalue weighted by molar-refractivity contribution is 6.31. The van der Waals surface area contributed by atoms with E-state index >= 15 is 0 Å². The van der Waals surface area contributed by atoms with Crippen molar-refractivity contribution in [2.45, 2.75) is 40.0 Å². The third-order valence-corrected chi connectivity index (χ3v) is 4.10. The van der Waals surface area contributed by atoms with Gasteiger partial charge in [0.2, 0.25) is 0 Å². The number of nitrogens with zero attached hydrogens (tertiary/aromatic N) is 2. The number of carbonyl (C=O) groups is 1. The average Bonchev–Trinajstić information content (AvgIpc) is 2.68. The van der Waals surface area contributed by atoms with E-state index in [9.17, 15) is 9.59 Å². The molecule has 0 fully saturated rings. The van der Waals surface area contributed by atoms with Gasteiger partial charge in [-0.3, -0.25) is 14.7 Å². The van der Waals surface area contributed by atoms with Gasteiger partial charge in [0, 0.05) is 23.8 Å². The number of methoxy groups -OCH3 is 1. The molecule has 3 rings (SSSR count). The zero-order chi connectivity index (χ0) is 21.3. The van der Waals surface area contributed by atoms with Crippen LogP contribution in [0.2, 0.25) is 5.02 Å². The van der Waals surface area contributed by atoms with Gasteiger partial charge in [0.25, 0.3) is 5.56 Å². The van der Waals surface area contributed by atoms with E-state index in [2.05, 4.69) is 16.0 Å². The fourth-order valence-electron chi connectivity index (χ4n) is 2.56. The Morgan fingerprint density at radius 1 is 1.29 bits per heavy atom. The number of carbonyl (C=O) groups excluding carboxylic acids is 1. The summed E-state index contributed by atoms with van der Waals surface area (Å²) >= 11 is 6.32. The van der Waals surface area contributed by atoms with Crippen molar-refractivity contribution in [1.82, 2.24) is 9.55 Å². The van der Waals surface area contributed by atoms with Gasteiger partial charge in [-0.25, -0.2) is 9.78 Å². The summed E-state index contributed by atoms with van der Waals surface area (Å²) in [7, 11) is 3.04. The van der Waals surface area contributed by atoms with Crippen LogP contribution < -0.4 is 16.6 Å². The van der Waals surface area contributed by atoms with Gasteiger partial charge in [-0.1, -0.05) is 25.4 Å². The number of amides is 1. The van der Waals surface area contributed by atoms with E-state index in [1.165, 1.54) is 24.0 Å². The Hall–Kier alpha value is -2.42. The number of aromatic nitrogens is 2. The number of hydrogen-bond acceptors (Lipinski definition) is 6. The monoisotopic (exact) mass is 410 g/mol. The number of fused-ring (bicyclic) bond motifs is 1. The van der Waals surface area contributed by atoms with Crippen molar-refractivity contribution in [3.63, 3.8) is 0 Å². The van der Waals surface area contributed by atoms with E-state index in [-0.39, 0.29) is 24.8 Å². The first-order valence-corrected chi connectivity index (χ1v) is 9.27. The van der Waals surface area contributed by atoms with Gasteiger partial charge in [-0.05, 0) is 31.7 Å². The maximum absolute atomic E-state index is 12.2. The lowest BCUT2D eigenvalue weighted by Crippen LogP contribution is -2.24. The SMILES string of the molecule is CC.CN.COCc1cc(=O)n(Cc2cc3c(cc2Cl)[C@H](C)OC(=O)N3)cn1.